The summed E-state index contributed by atoms with van der Waals surface area (Å²) in [6, 6.07) is 10.1. The van der Waals surface area contributed by atoms with Gasteiger partial charge in [-0.25, -0.2) is 9.67 Å². The van der Waals surface area contributed by atoms with E-state index in [4.69, 9.17) is 18.6 Å². The molecule has 13 nitrogen and oxygen atoms in total. The minimum Gasteiger partial charge on any atom is -0.459 e. The van der Waals surface area contributed by atoms with Crippen molar-refractivity contribution < 1.29 is 23.4 Å². The van der Waals surface area contributed by atoms with Gasteiger partial charge in [0.15, 0.2) is 5.76 Å². The Kier molecular flexibility index (Phi) is 4.81. The van der Waals surface area contributed by atoms with Crippen LogP contribution in [0, 0.1) is 0 Å². The minimum absolute atomic E-state index is 0.212. The molecule has 0 aliphatic carbocycles. The van der Waals surface area contributed by atoms with E-state index in [1.165, 1.54) is 12.6 Å². The number of amides is 1. The average molecular weight is 450 g/mol. The first-order valence-electron chi connectivity index (χ1n) is 10.2. The highest BCUT2D eigenvalue weighted by Crippen LogP contribution is 2.36. The summed E-state index contributed by atoms with van der Waals surface area (Å²) in [5, 5.41) is 18.8. The highest BCUT2D eigenvalue weighted by molar-refractivity contribution is 5.91. The fourth-order valence-corrected chi connectivity index (χ4v) is 4.03. The molecule has 4 aromatic rings. The number of hydrogen-bond acceptors (Lipinski definition) is 10. The molecule has 33 heavy (non-hydrogen) atoms. The summed E-state index contributed by atoms with van der Waals surface area (Å²) in [5.74, 6) is 0.474. The lowest BCUT2D eigenvalue weighted by Crippen LogP contribution is -2.44. The molecule has 168 valence electrons. The van der Waals surface area contributed by atoms with Crippen molar-refractivity contribution in [3.8, 4) is 17.4 Å². The zero-order valence-electron chi connectivity index (χ0n) is 17.1. The average Bonchev–Trinajstić information content (AvgIpc) is 3.65. The lowest BCUT2D eigenvalue weighted by Gasteiger charge is -2.17. The van der Waals surface area contributed by atoms with Gasteiger partial charge in [-0.2, -0.15) is 9.78 Å². The normalized spacial score (nSPS) is 24.0. The quantitative estimate of drug-likeness (QED) is 0.447. The van der Waals surface area contributed by atoms with Crippen LogP contribution < -0.4 is 10.1 Å². The van der Waals surface area contributed by atoms with E-state index in [2.05, 4.69) is 30.9 Å². The number of rotatable bonds is 6. The third kappa shape index (κ3) is 3.62. The molecule has 0 spiro atoms. The largest absolute Gasteiger partial charge is 0.459 e. The van der Waals surface area contributed by atoms with Crippen molar-refractivity contribution in [2.24, 2.45) is 0 Å². The number of hydrogen-bond donors (Lipinski definition) is 1. The molecule has 0 bridgehead atoms. The molecule has 3 aromatic heterocycles. The molecule has 1 aromatic carbocycles. The Hall–Kier alpha value is -4.10. The van der Waals surface area contributed by atoms with Gasteiger partial charge in [0.2, 0.25) is 0 Å². The van der Waals surface area contributed by atoms with E-state index < -0.39 is 0 Å². The summed E-state index contributed by atoms with van der Waals surface area (Å²) in [6.07, 6.45) is 3.85. The molecule has 0 saturated carbocycles. The van der Waals surface area contributed by atoms with Gasteiger partial charge in [0, 0.05) is 0 Å². The van der Waals surface area contributed by atoms with Gasteiger partial charge in [0.25, 0.3) is 5.91 Å². The van der Waals surface area contributed by atoms with E-state index in [1.807, 2.05) is 12.1 Å². The van der Waals surface area contributed by atoms with Gasteiger partial charge in [-0.15, -0.1) is 0 Å². The number of carbonyl (C=O) groups is 1. The fraction of sp³-hybridized carbons (Fsp3) is 0.300. The zero-order chi connectivity index (χ0) is 22.2. The van der Waals surface area contributed by atoms with Gasteiger partial charge < -0.3 is 23.9 Å². The van der Waals surface area contributed by atoms with Crippen LogP contribution in [0.4, 0.5) is 0 Å². The standard InChI is InChI=1S/C20H18N8O5/c29-19(16-2-1-7-30-16)23-14-8-31-18-15(9-32-17(14)18)28-20(24-25-26-28)33-13-5-3-12(4-6-13)27-11-21-10-22-27/h1-7,10-11,14-15,17-18H,8-9H2,(H,23,29)/t14-,15+,17-,18+/m1/s1. The molecule has 1 N–H and O–H groups in total. The number of nitrogens with one attached hydrogen (secondary N) is 1. The van der Waals surface area contributed by atoms with Crippen LogP contribution >= 0.6 is 0 Å². The smallest absolute Gasteiger partial charge is 0.341 e. The molecule has 2 aliphatic rings. The van der Waals surface area contributed by atoms with E-state index in [0.29, 0.717) is 19.0 Å². The zero-order valence-corrected chi connectivity index (χ0v) is 17.1. The van der Waals surface area contributed by atoms with Crippen LogP contribution in [0.2, 0.25) is 0 Å². The molecule has 6 rings (SSSR count). The Balaban J connectivity index is 1.14. The molecule has 4 atom stereocenters. The van der Waals surface area contributed by atoms with Crippen molar-refractivity contribution in [1.82, 2.24) is 40.3 Å². The third-order valence-electron chi connectivity index (χ3n) is 5.59. The highest BCUT2D eigenvalue weighted by Gasteiger charge is 2.50. The van der Waals surface area contributed by atoms with E-state index in [0.717, 1.165) is 5.69 Å². The Morgan fingerprint density at radius 2 is 2.00 bits per heavy atom. The Labute approximate surface area is 186 Å². The van der Waals surface area contributed by atoms with Crippen molar-refractivity contribution in [2.75, 3.05) is 13.2 Å². The van der Waals surface area contributed by atoms with E-state index in [1.54, 1.807) is 40.0 Å². The molecular formula is C20H18N8O5. The maximum absolute atomic E-state index is 12.3. The Bertz CT molecular complexity index is 1220. The minimum atomic E-state index is -0.340. The number of fused-ring (bicyclic) bond motifs is 1. The first-order valence-corrected chi connectivity index (χ1v) is 10.2. The number of aromatic nitrogens is 7. The molecule has 2 fully saturated rings. The fourth-order valence-electron chi connectivity index (χ4n) is 4.03. The second kappa shape index (κ2) is 8.11. The van der Waals surface area contributed by atoms with Crippen molar-refractivity contribution in [2.45, 2.75) is 24.3 Å². The molecule has 1 amide bonds. The van der Waals surface area contributed by atoms with Gasteiger partial charge in [0.1, 0.15) is 36.7 Å². The van der Waals surface area contributed by atoms with E-state index in [-0.39, 0.29) is 42.0 Å². The second-order valence-corrected chi connectivity index (χ2v) is 7.56. The number of carbonyl (C=O) groups excluding carboxylic acids is 1. The molecular weight excluding hydrogens is 432 g/mol. The maximum Gasteiger partial charge on any atom is 0.341 e. The van der Waals surface area contributed by atoms with Gasteiger partial charge in [-0.3, -0.25) is 4.79 Å². The number of furan rings is 1. The molecule has 5 heterocycles. The van der Waals surface area contributed by atoms with Crippen LogP contribution in [0.25, 0.3) is 5.69 Å². The van der Waals surface area contributed by atoms with E-state index >= 15 is 0 Å². The van der Waals surface area contributed by atoms with Gasteiger partial charge in [-0.1, -0.05) is 5.10 Å². The van der Waals surface area contributed by atoms with Crippen LogP contribution in [0.15, 0.2) is 59.7 Å². The molecule has 0 unspecified atom stereocenters. The van der Waals surface area contributed by atoms with Crippen molar-refractivity contribution in [3.63, 3.8) is 0 Å². The first kappa shape index (κ1) is 19.6. The van der Waals surface area contributed by atoms with Crippen LogP contribution in [0.1, 0.15) is 16.6 Å². The Morgan fingerprint density at radius 1 is 1.12 bits per heavy atom. The first-order chi connectivity index (χ1) is 16.3. The predicted octanol–water partition coefficient (Wildman–Crippen LogP) is 0.776. The summed E-state index contributed by atoms with van der Waals surface area (Å²) in [6.45, 7) is 0.620. The summed E-state index contributed by atoms with van der Waals surface area (Å²) in [7, 11) is 0. The lowest BCUT2D eigenvalue weighted by atomic mass is 10.1. The number of benzene rings is 1. The van der Waals surface area contributed by atoms with Gasteiger partial charge in [-0.05, 0) is 46.8 Å². The lowest BCUT2D eigenvalue weighted by molar-refractivity contribution is 0.0605. The SMILES string of the molecule is O=C(N[C@@H]1CO[C@@H]2[C@@H]1OC[C@@H]2n1nnnc1Oc1ccc(-n2cncn2)cc1)c1ccco1. The summed E-state index contributed by atoms with van der Waals surface area (Å²) in [4.78, 5) is 16.3. The van der Waals surface area contributed by atoms with Crippen LogP contribution in [-0.2, 0) is 9.47 Å². The van der Waals surface area contributed by atoms with E-state index in [9.17, 15) is 4.79 Å². The third-order valence-corrected chi connectivity index (χ3v) is 5.59. The monoisotopic (exact) mass is 450 g/mol. The summed E-state index contributed by atoms with van der Waals surface area (Å²) in [5.41, 5.74) is 0.841. The number of nitrogens with zero attached hydrogens (tertiary/aromatic N) is 7. The van der Waals surface area contributed by atoms with Gasteiger partial charge >= 0.3 is 6.01 Å². The molecule has 13 heteroatoms. The molecule has 2 saturated heterocycles. The summed E-state index contributed by atoms with van der Waals surface area (Å²) >= 11 is 0. The predicted molar refractivity (Wildman–Crippen MR) is 108 cm³/mol. The topological polar surface area (TPSA) is 144 Å². The number of ether oxygens (including phenoxy) is 3. The molecule has 2 aliphatic heterocycles. The highest BCUT2D eigenvalue weighted by atomic mass is 16.6. The van der Waals surface area contributed by atoms with Crippen molar-refractivity contribution in [3.05, 3.63) is 61.1 Å². The van der Waals surface area contributed by atoms with Crippen LogP contribution in [-0.4, -0.2) is 72.3 Å². The second-order valence-electron chi connectivity index (χ2n) is 7.56. The maximum atomic E-state index is 12.3. The van der Waals surface area contributed by atoms with Crippen LogP contribution in [0.5, 0.6) is 11.8 Å². The van der Waals surface area contributed by atoms with Crippen LogP contribution in [0.3, 0.4) is 0 Å². The van der Waals surface area contributed by atoms with Crippen molar-refractivity contribution >= 4 is 5.91 Å². The van der Waals surface area contributed by atoms with Crippen molar-refractivity contribution in [1.29, 1.82) is 0 Å². The summed E-state index contributed by atoms with van der Waals surface area (Å²) < 4.78 is 26.1. The van der Waals surface area contributed by atoms with Gasteiger partial charge in [0.05, 0.1) is 31.2 Å². The Morgan fingerprint density at radius 3 is 2.79 bits per heavy atom. The number of tetrazole rings is 1. The molecule has 0 radical (unpaired) electrons.